The van der Waals surface area contributed by atoms with E-state index in [0.717, 1.165) is 10.2 Å². The highest BCUT2D eigenvalue weighted by atomic mass is 79.9. The van der Waals surface area contributed by atoms with Crippen molar-refractivity contribution in [1.82, 2.24) is 0 Å². The van der Waals surface area contributed by atoms with E-state index in [9.17, 15) is 4.79 Å². The highest BCUT2D eigenvalue weighted by Gasteiger charge is 2.10. The van der Waals surface area contributed by atoms with Gasteiger partial charge in [0.1, 0.15) is 0 Å². The minimum absolute atomic E-state index is 0.0627. The van der Waals surface area contributed by atoms with Crippen LogP contribution in [0.25, 0.3) is 0 Å². The first kappa shape index (κ1) is 11.0. The molecule has 0 aromatic heterocycles. The molecule has 0 atom stereocenters. The standard InChI is InChI=1S/C11H12BrNO/c1-8(2)11(14)13(3)10-6-4-9(12)5-7-10/h4-7H,1H2,2-3H3. The van der Waals surface area contributed by atoms with E-state index >= 15 is 0 Å². The third kappa shape index (κ3) is 2.45. The number of hydrogen-bond donors (Lipinski definition) is 0. The second-order valence-electron chi connectivity index (χ2n) is 3.12. The lowest BCUT2D eigenvalue weighted by molar-refractivity contribution is -0.114. The third-order valence-corrected chi connectivity index (χ3v) is 2.41. The van der Waals surface area contributed by atoms with Crippen molar-refractivity contribution in [3.05, 3.63) is 40.9 Å². The van der Waals surface area contributed by atoms with Crippen LogP contribution in [-0.2, 0) is 4.79 Å². The Morgan fingerprint density at radius 2 is 1.86 bits per heavy atom. The smallest absolute Gasteiger partial charge is 0.253 e. The summed E-state index contributed by atoms with van der Waals surface area (Å²) >= 11 is 3.34. The number of carbonyl (C=O) groups excluding carboxylic acids is 1. The van der Waals surface area contributed by atoms with Gasteiger partial charge in [-0.1, -0.05) is 22.5 Å². The van der Waals surface area contributed by atoms with E-state index in [1.807, 2.05) is 24.3 Å². The maximum absolute atomic E-state index is 11.5. The van der Waals surface area contributed by atoms with Gasteiger partial charge in [-0.15, -0.1) is 0 Å². The SMILES string of the molecule is C=C(C)C(=O)N(C)c1ccc(Br)cc1. The molecule has 0 heterocycles. The molecule has 0 unspecified atom stereocenters. The molecule has 14 heavy (non-hydrogen) atoms. The van der Waals surface area contributed by atoms with Gasteiger partial charge in [0, 0.05) is 22.8 Å². The van der Waals surface area contributed by atoms with E-state index < -0.39 is 0 Å². The third-order valence-electron chi connectivity index (χ3n) is 1.88. The fourth-order valence-corrected chi connectivity index (χ4v) is 1.33. The first-order valence-corrected chi connectivity index (χ1v) is 5.01. The molecule has 0 saturated carbocycles. The normalized spacial score (nSPS) is 9.64. The zero-order valence-electron chi connectivity index (χ0n) is 8.25. The molecule has 0 N–H and O–H groups in total. The van der Waals surface area contributed by atoms with Crippen LogP contribution in [0.4, 0.5) is 5.69 Å². The fourth-order valence-electron chi connectivity index (χ4n) is 1.07. The predicted molar refractivity (Wildman–Crippen MR) is 62.4 cm³/mol. The molecule has 1 aromatic carbocycles. The summed E-state index contributed by atoms with van der Waals surface area (Å²) in [7, 11) is 1.74. The summed E-state index contributed by atoms with van der Waals surface area (Å²) < 4.78 is 0.998. The van der Waals surface area contributed by atoms with Crippen LogP contribution >= 0.6 is 15.9 Å². The van der Waals surface area contributed by atoms with E-state index in [-0.39, 0.29) is 5.91 Å². The summed E-state index contributed by atoms with van der Waals surface area (Å²) in [6.07, 6.45) is 0. The number of nitrogens with zero attached hydrogens (tertiary/aromatic N) is 1. The Hall–Kier alpha value is -1.09. The molecule has 1 amide bonds. The molecule has 0 radical (unpaired) electrons. The van der Waals surface area contributed by atoms with Crippen LogP contribution in [0, 0.1) is 0 Å². The van der Waals surface area contributed by atoms with Gasteiger partial charge in [0.15, 0.2) is 0 Å². The number of benzene rings is 1. The Morgan fingerprint density at radius 1 is 1.36 bits per heavy atom. The van der Waals surface area contributed by atoms with Gasteiger partial charge >= 0.3 is 0 Å². The summed E-state index contributed by atoms with van der Waals surface area (Å²) in [4.78, 5) is 13.1. The fraction of sp³-hybridized carbons (Fsp3) is 0.182. The summed E-state index contributed by atoms with van der Waals surface area (Å²) in [6, 6.07) is 7.56. The predicted octanol–water partition coefficient (Wildman–Crippen LogP) is 2.99. The Labute approximate surface area is 92.4 Å². The van der Waals surface area contributed by atoms with Crippen LogP contribution in [-0.4, -0.2) is 13.0 Å². The van der Waals surface area contributed by atoms with E-state index in [1.165, 1.54) is 0 Å². The lowest BCUT2D eigenvalue weighted by Crippen LogP contribution is -2.26. The van der Waals surface area contributed by atoms with Crippen LogP contribution in [0.3, 0.4) is 0 Å². The Balaban J connectivity index is 2.89. The van der Waals surface area contributed by atoms with Crippen molar-refractivity contribution < 1.29 is 4.79 Å². The monoisotopic (exact) mass is 253 g/mol. The molecule has 0 bridgehead atoms. The van der Waals surface area contributed by atoms with Crippen molar-refractivity contribution >= 4 is 27.5 Å². The second-order valence-corrected chi connectivity index (χ2v) is 4.04. The van der Waals surface area contributed by atoms with Crippen LogP contribution in [0.2, 0.25) is 0 Å². The van der Waals surface area contributed by atoms with Crippen LogP contribution < -0.4 is 4.90 Å². The molecule has 0 aliphatic rings. The van der Waals surface area contributed by atoms with Crippen molar-refractivity contribution in [1.29, 1.82) is 0 Å². The lowest BCUT2D eigenvalue weighted by atomic mass is 10.2. The van der Waals surface area contributed by atoms with E-state index in [2.05, 4.69) is 22.5 Å². The van der Waals surface area contributed by atoms with Gasteiger partial charge < -0.3 is 4.90 Å². The second kappa shape index (κ2) is 4.42. The zero-order chi connectivity index (χ0) is 10.7. The van der Waals surface area contributed by atoms with Crippen molar-refractivity contribution in [3.8, 4) is 0 Å². The summed E-state index contributed by atoms with van der Waals surface area (Å²) in [5, 5.41) is 0. The number of amides is 1. The van der Waals surface area contributed by atoms with E-state index in [4.69, 9.17) is 0 Å². The molecule has 1 aromatic rings. The first-order valence-electron chi connectivity index (χ1n) is 4.21. The van der Waals surface area contributed by atoms with Gasteiger partial charge in [0.05, 0.1) is 0 Å². The highest BCUT2D eigenvalue weighted by molar-refractivity contribution is 9.10. The number of hydrogen-bond acceptors (Lipinski definition) is 1. The maximum atomic E-state index is 11.5. The minimum Gasteiger partial charge on any atom is -0.312 e. The number of carbonyl (C=O) groups is 1. The number of likely N-dealkylation sites (N-methyl/N-ethyl adjacent to an activating group) is 1. The van der Waals surface area contributed by atoms with Crippen molar-refractivity contribution in [2.24, 2.45) is 0 Å². The Bertz CT molecular complexity index is 356. The summed E-state index contributed by atoms with van der Waals surface area (Å²) in [5.74, 6) is -0.0627. The minimum atomic E-state index is -0.0627. The van der Waals surface area contributed by atoms with E-state index in [0.29, 0.717) is 5.57 Å². The van der Waals surface area contributed by atoms with Crippen molar-refractivity contribution in [2.45, 2.75) is 6.92 Å². The Morgan fingerprint density at radius 3 is 2.29 bits per heavy atom. The molecular formula is C11H12BrNO. The molecule has 0 spiro atoms. The topological polar surface area (TPSA) is 20.3 Å². The van der Waals surface area contributed by atoms with Gasteiger partial charge in [-0.25, -0.2) is 0 Å². The molecule has 2 nitrogen and oxygen atoms in total. The Kier molecular flexibility index (Phi) is 3.47. The average molecular weight is 254 g/mol. The number of halogens is 1. The molecule has 0 fully saturated rings. The number of rotatable bonds is 2. The summed E-state index contributed by atoms with van der Waals surface area (Å²) in [5.41, 5.74) is 1.40. The first-order chi connectivity index (χ1) is 6.52. The van der Waals surface area contributed by atoms with Crippen molar-refractivity contribution in [3.63, 3.8) is 0 Å². The van der Waals surface area contributed by atoms with E-state index in [1.54, 1.807) is 18.9 Å². The quantitative estimate of drug-likeness (QED) is 0.743. The largest absolute Gasteiger partial charge is 0.312 e. The van der Waals surface area contributed by atoms with Crippen LogP contribution in [0.1, 0.15) is 6.92 Å². The van der Waals surface area contributed by atoms with Crippen molar-refractivity contribution in [2.75, 3.05) is 11.9 Å². The van der Waals surface area contributed by atoms with Gasteiger partial charge in [-0.05, 0) is 31.2 Å². The molecule has 74 valence electrons. The van der Waals surface area contributed by atoms with Crippen LogP contribution in [0.5, 0.6) is 0 Å². The molecule has 0 saturated heterocycles. The molecular weight excluding hydrogens is 242 g/mol. The van der Waals surface area contributed by atoms with Gasteiger partial charge in [0.2, 0.25) is 0 Å². The van der Waals surface area contributed by atoms with Gasteiger partial charge in [-0.3, -0.25) is 4.79 Å². The molecule has 3 heteroatoms. The average Bonchev–Trinajstić information content (AvgIpc) is 2.16. The lowest BCUT2D eigenvalue weighted by Gasteiger charge is -2.17. The summed E-state index contributed by atoms with van der Waals surface area (Å²) in [6.45, 7) is 5.32. The molecule has 1 rings (SSSR count). The molecule has 0 aliphatic carbocycles. The maximum Gasteiger partial charge on any atom is 0.253 e. The number of anilines is 1. The molecule has 0 aliphatic heterocycles. The highest BCUT2D eigenvalue weighted by Crippen LogP contribution is 2.18. The van der Waals surface area contributed by atoms with Gasteiger partial charge in [-0.2, -0.15) is 0 Å². The zero-order valence-corrected chi connectivity index (χ0v) is 9.84. The van der Waals surface area contributed by atoms with Crippen LogP contribution in [0.15, 0.2) is 40.9 Å². The van der Waals surface area contributed by atoms with Gasteiger partial charge in [0.25, 0.3) is 5.91 Å².